The van der Waals surface area contributed by atoms with Crippen molar-refractivity contribution >= 4 is 0 Å². The molecule has 0 unspecified atom stereocenters. The molecule has 0 amide bonds. The number of morpholine rings is 1. The predicted molar refractivity (Wildman–Crippen MR) is 94.4 cm³/mol. The molecule has 128 valence electrons. The lowest BCUT2D eigenvalue weighted by molar-refractivity contribution is -0.125. The Bertz CT molecular complexity index is 671. The highest BCUT2D eigenvalue weighted by Crippen LogP contribution is 2.28. The number of piperidine rings is 1. The van der Waals surface area contributed by atoms with Crippen molar-refractivity contribution in [3.63, 3.8) is 0 Å². The van der Waals surface area contributed by atoms with E-state index in [1.165, 1.54) is 11.1 Å². The first-order valence-corrected chi connectivity index (χ1v) is 8.91. The van der Waals surface area contributed by atoms with Crippen LogP contribution in [0.4, 0.5) is 0 Å². The summed E-state index contributed by atoms with van der Waals surface area (Å²) in [4.78, 5) is 2.56. The van der Waals surface area contributed by atoms with E-state index in [2.05, 4.69) is 40.4 Å². The molecule has 1 aromatic heterocycles. The second-order valence-corrected chi connectivity index (χ2v) is 7.05. The molecule has 2 aromatic rings. The molecule has 24 heavy (non-hydrogen) atoms. The fourth-order valence-electron chi connectivity index (χ4n) is 3.91. The molecule has 0 bridgehead atoms. The summed E-state index contributed by atoms with van der Waals surface area (Å²) in [7, 11) is 0. The first-order chi connectivity index (χ1) is 11.7. The van der Waals surface area contributed by atoms with E-state index in [0.29, 0.717) is 0 Å². The Balaban J connectivity index is 1.46. The molecule has 1 spiro atoms. The average molecular weight is 326 g/mol. The van der Waals surface area contributed by atoms with Gasteiger partial charge in [-0.05, 0) is 62.2 Å². The standard InChI is InChI=1S/C19H26N4O/c1-16-13-18(23-10-2-7-21-23)4-3-17(16)14-22-11-12-24-19(15-22)5-8-20-9-6-19/h2-4,7,10,13,20H,5-6,8-9,11-12,14-15H2,1H3. The maximum atomic E-state index is 6.18. The Labute approximate surface area is 143 Å². The van der Waals surface area contributed by atoms with Crippen molar-refractivity contribution in [2.45, 2.75) is 31.9 Å². The largest absolute Gasteiger partial charge is 0.372 e. The molecule has 2 fully saturated rings. The van der Waals surface area contributed by atoms with Crippen LogP contribution in [0.5, 0.6) is 0 Å². The molecule has 0 aliphatic carbocycles. The highest BCUT2D eigenvalue weighted by molar-refractivity contribution is 5.39. The van der Waals surface area contributed by atoms with E-state index in [4.69, 9.17) is 4.74 Å². The Morgan fingerprint density at radius 2 is 2.17 bits per heavy atom. The number of ether oxygens (including phenoxy) is 1. The zero-order chi connectivity index (χ0) is 16.4. The molecule has 5 nitrogen and oxygen atoms in total. The lowest BCUT2D eigenvalue weighted by Gasteiger charge is -2.45. The van der Waals surface area contributed by atoms with Crippen LogP contribution in [-0.2, 0) is 11.3 Å². The van der Waals surface area contributed by atoms with Gasteiger partial charge in [0.25, 0.3) is 0 Å². The van der Waals surface area contributed by atoms with Crippen LogP contribution in [0.15, 0.2) is 36.7 Å². The maximum absolute atomic E-state index is 6.18. The fourth-order valence-corrected chi connectivity index (χ4v) is 3.91. The van der Waals surface area contributed by atoms with Gasteiger partial charge in [0.15, 0.2) is 0 Å². The molecule has 2 aliphatic rings. The number of aryl methyl sites for hydroxylation is 1. The van der Waals surface area contributed by atoms with Crippen LogP contribution in [-0.4, -0.2) is 53.1 Å². The van der Waals surface area contributed by atoms with Gasteiger partial charge in [0.2, 0.25) is 0 Å². The van der Waals surface area contributed by atoms with E-state index >= 15 is 0 Å². The lowest BCUT2D eigenvalue weighted by atomic mass is 9.90. The Kier molecular flexibility index (Phi) is 4.39. The molecule has 0 saturated carbocycles. The Hall–Kier alpha value is -1.69. The highest BCUT2D eigenvalue weighted by Gasteiger charge is 2.37. The van der Waals surface area contributed by atoms with Gasteiger partial charge in [0.05, 0.1) is 17.9 Å². The summed E-state index contributed by atoms with van der Waals surface area (Å²) in [5.41, 5.74) is 3.93. The molecule has 1 N–H and O–H groups in total. The summed E-state index contributed by atoms with van der Waals surface area (Å²) >= 11 is 0. The van der Waals surface area contributed by atoms with E-state index in [-0.39, 0.29) is 5.60 Å². The SMILES string of the molecule is Cc1cc(-n2cccn2)ccc1CN1CCOC2(CCNCC2)C1. The van der Waals surface area contributed by atoms with Crippen molar-refractivity contribution in [3.8, 4) is 5.69 Å². The van der Waals surface area contributed by atoms with Gasteiger partial charge in [0, 0.05) is 32.0 Å². The molecule has 2 saturated heterocycles. The van der Waals surface area contributed by atoms with Crippen molar-refractivity contribution in [1.82, 2.24) is 20.0 Å². The molecular weight excluding hydrogens is 300 g/mol. The van der Waals surface area contributed by atoms with E-state index in [1.807, 2.05) is 23.1 Å². The molecule has 0 atom stereocenters. The highest BCUT2D eigenvalue weighted by atomic mass is 16.5. The zero-order valence-corrected chi connectivity index (χ0v) is 14.4. The summed E-state index contributed by atoms with van der Waals surface area (Å²) < 4.78 is 8.09. The summed E-state index contributed by atoms with van der Waals surface area (Å²) in [6, 6.07) is 8.59. The minimum Gasteiger partial charge on any atom is -0.372 e. The summed E-state index contributed by atoms with van der Waals surface area (Å²) in [6.07, 6.45) is 6.05. The van der Waals surface area contributed by atoms with Crippen molar-refractivity contribution in [1.29, 1.82) is 0 Å². The third-order valence-electron chi connectivity index (χ3n) is 5.33. The van der Waals surface area contributed by atoms with Gasteiger partial charge >= 0.3 is 0 Å². The van der Waals surface area contributed by atoms with Crippen LogP contribution in [0.25, 0.3) is 5.69 Å². The van der Waals surface area contributed by atoms with E-state index in [1.54, 1.807) is 0 Å². The topological polar surface area (TPSA) is 42.3 Å². The third-order valence-corrected chi connectivity index (χ3v) is 5.33. The van der Waals surface area contributed by atoms with E-state index in [0.717, 1.165) is 57.9 Å². The van der Waals surface area contributed by atoms with Gasteiger partial charge < -0.3 is 10.1 Å². The van der Waals surface area contributed by atoms with Crippen LogP contribution in [0.2, 0.25) is 0 Å². The number of benzene rings is 1. The third kappa shape index (κ3) is 3.24. The lowest BCUT2D eigenvalue weighted by Crippen LogP contribution is -2.55. The normalized spacial score (nSPS) is 21.2. The Morgan fingerprint density at radius 1 is 1.29 bits per heavy atom. The quantitative estimate of drug-likeness (QED) is 0.938. The van der Waals surface area contributed by atoms with Crippen LogP contribution in [0.1, 0.15) is 24.0 Å². The minimum absolute atomic E-state index is 0.0758. The maximum Gasteiger partial charge on any atom is 0.0833 e. The molecule has 1 aromatic carbocycles. The van der Waals surface area contributed by atoms with Crippen molar-refractivity contribution in [2.75, 3.05) is 32.8 Å². The summed E-state index contributed by atoms with van der Waals surface area (Å²) in [5.74, 6) is 0. The van der Waals surface area contributed by atoms with Crippen molar-refractivity contribution in [2.24, 2.45) is 0 Å². The Morgan fingerprint density at radius 3 is 2.92 bits per heavy atom. The first kappa shape index (κ1) is 15.8. The number of rotatable bonds is 3. The molecular formula is C19H26N4O. The van der Waals surface area contributed by atoms with Crippen LogP contribution < -0.4 is 5.32 Å². The fraction of sp³-hybridized carbons (Fsp3) is 0.526. The van der Waals surface area contributed by atoms with Gasteiger partial charge in [0.1, 0.15) is 0 Å². The second-order valence-electron chi connectivity index (χ2n) is 7.05. The number of hydrogen-bond acceptors (Lipinski definition) is 4. The number of hydrogen-bond donors (Lipinski definition) is 1. The molecule has 2 aliphatic heterocycles. The second kappa shape index (κ2) is 6.67. The molecule has 4 rings (SSSR count). The monoisotopic (exact) mass is 326 g/mol. The predicted octanol–water partition coefficient (Wildman–Crippen LogP) is 2.14. The molecule has 5 heteroatoms. The summed E-state index contributed by atoms with van der Waals surface area (Å²) in [6.45, 7) is 8.28. The van der Waals surface area contributed by atoms with E-state index in [9.17, 15) is 0 Å². The van der Waals surface area contributed by atoms with Crippen LogP contribution in [0.3, 0.4) is 0 Å². The number of aromatic nitrogens is 2. The van der Waals surface area contributed by atoms with Crippen molar-refractivity contribution in [3.05, 3.63) is 47.8 Å². The smallest absolute Gasteiger partial charge is 0.0833 e. The van der Waals surface area contributed by atoms with E-state index < -0.39 is 0 Å². The van der Waals surface area contributed by atoms with Crippen LogP contribution >= 0.6 is 0 Å². The number of nitrogens with zero attached hydrogens (tertiary/aromatic N) is 3. The molecule has 0 radical (unpaired) electrons. The van der Waals surface area contributed by atoms with Crippen molar-refractivity contribution < 1.29 is 4.74 Å². The number of nitrogens with one attached hydrogen (secondary N) is 1. The van der Waals surface area contributed by atoms with Gasteiger partial charge in [-0.1, -0.05) is 6.07 Å². The first-order valence-electron chi connectivity index (χ1n) is 8.91. The zero-order valence-electron chi connectivity index (χ0n) is 14.4. The van der Waals surface area contributed by atoms with Gasteiger partial charge in [-0.25, -0.2) is 4.68 Å². The average Bonchev–Trinajstić information content (AvgIpc) is 3.12. The van der Waals surface area contributed by atoms with Gasteiger partial charge in [-0.2, -0.15) is 5.10 Å². The van der Waals surface area contributed by atoms with Crippen LogP contribution in [0, 0.1) is 6.92 Å². The summed E-state index contributed by atoms with van der Waals surface area (Å²) in [5, 5.41) is 7.76. The van der Waals surface area contributed by atoms with Gasteiger partial charge in [-0.3, -0.25) is 4.90 Å². The van der Waals surface area contributed by atoms with Gasteiger partial charge in [-0.15, -0.1) is 0 Å². The minimum atomic E-state index is 0.0758. The molecule has 3 heterocycles.